The highest BCUT2D eigenvalue weighted by molar-refractivity contribution is 5.86. The Kier molecular flexibility index (Phi) is 11.9. The van der Waals surface area contributed by atoms with E-state index in [-0.39, 0.29) is 5.41 Å². The van der Waals surface area contributed by atoms with E-state index in [0.717, 1.165) is 56.3 Å². The second-order valence-electron chi connectivity index (χ2n) is 20.2. The molecule has 0 radical (unpaired) electrons. The minimum Gasteiger partial charge on any atom is -0.311 e. The van der Waals surface area contributed by atoms with Crippen LogP contribution in [0.25, 0.3) is 101 Å². The molecule has 11 aromatic carbocycles. The smallest absolute Gasteiger partial charge is 0.160 e. The summed E-state index contributed by atoms with van der Waals surface area (Å²) in [5.41, 5.74) is 25.1. The van der Waals surface area contributed by atoms with Crippen molar-refractivity contribution in [1.29, 1.82) is 0 Å². The van der Waals surface area contributed by atoms with Crippen molar-refractivity contribution in [3.63, 3.8) is 0 Å². The van der Waals surface area contributed by atoms with Gasteiger partial charge in [-0.25, -0.2) is 9.97 Å². The van der Waals surface area contributed by atoms with E-state index in [1.165, 1.54) is 66.8 Å². The lowest BCUT2D eigenvalue weighted by atomic mass is 9.82. The van der Waals surface area contributed by atoms with Gasteiger partial charge in [0.2, 0.25) is 0 Å². The normalized spacial score (nSPS) is 12.2. The maximum atomic E-state index is 5.20. The standard InChI is InChI=1S/C73H53N3/c1-73(2)68-27-13-12-26-66(68)67-45-38-62(48-69(67)73)71-49-70(74-72(75-71)57-20-10-5-11-21-57)56-30-28-52(29-31-56)53-32-39-63(40-33-53)76(64-41-34-54(35-42-64)60-24-14-22-58(46-60)50-16-6-3-7-17-50)65-43-36-55(37-44-65)61-25-15-23-59(47-61)51-18-8-4-9-19-51/h3-49H,1-2H3. The van der Waals surface area contributed by atoms with Gasteiger partial charge in [-0.05, 0) is 139 Å². The molecule has 0 saturated carbocycles. The summed E-state index contributed by atoms with van der Waals surface area (Å²) >= 11 is 0. The maximum Gasteiger partial charge on any atom is 0.160 e. The average molecular weight is 972 g/mol. The van der Waals surface area contributed by atoms with Crippen LogP contribution < -0.4 is 4.90 Å². The third kappa shape index (κ3) is 8.88. The van der Waals surface area contributed by atoms with Crippen molar-refractivity contribution in [2.75, 3.05) is 4.90 Å². The van der Waals surface area contributed by atoms with E-state index in [1.807, 2.05) is 18.2 Å². The molecule has 0 amide bonds. The van der Waals surface area contributed by atoms with Gasteiger partial charge in [0.15, 0.2) is 5.82 Å². The molecular formula is C73H53N3. The van der Waals surface area contributed by atoms with E-state index in [1.54, 1.807) is 0 Å². The first-order valence-corrected chi connectivity index (χ1v) is 26.1. The molecule has 1 aliphatic rings. The van der Waals surface area contributed by atoms with Crippen molar-refractivity contribution in [1.82, 2.24) is 9.97 Å². The van der Waals surface area contributed by atoms with Crippen LogP contribution in [0.15, 0.2) is 285 Å². The van der Waals surface area contributed by atoms with Gasteiger partial charge in [0.25, 0.3) is 0 Å². The Hall–Kier alpha value is -9.70. The lowest BCUT2D eigenvalue weighted by Gasteiger charge is -2.26. The predicted molar refractivity (Wildman–Crippen MR) is 318 cm³/mol. The monoisotopic (exact) mass is 971 g/mol. The third-order valence-corrected chi connectivity index (χ3v) is 15.1. The maximum absolute atomic E-state index is 5.20. The Morgan fingerprint density at radius 2 is 0.592 bits per heavy atom. The van der Waals surface area contributed by atoms with Crippen molar-refractivity contribution in [3.8, 4) is 101 Å². The highest BCUT2D eigenvalue weighted by Gasteiger charge is 2.35. The Bertz CT molecular complexity index is 3890. The fourth-order valence-electron chi connectivity index (χ4n) is 11.0. The van der Waals surface area contributed by atoms with Gasteiger partial charge >= 0.3 is 0 Å². The molecule has 12 aromatic rings. The van der Waals surface area contributed by atoms with Crippen molar-refractivity contribution >= 4 is 17.1 Å². The SMILES string of the molecule is CC1(C)c2ccccc2-c2ccc(-c3cc(-c4ccc(-c5ccc(N(c6ccc(-c7cccc(-c8ccccc8)c7)cc6)c6ccc(-c7cccc(-c8ccccc8)c7)cc6)cc5)cc4)nc(-c4ccccc4)n3)cc21. The number of aromatic nitrogens is 2. The number of benzene rings is 11. The second kappa shape index (κ2) is 19.6. The van der Waals surface area contributed by atoms with Crippen LogP contribution in [0.3, 0.4) is 0 Å². The van der Waals surface area contributed by atoms with Crippen molar-refractivity contribution in [2.45, 2.75) is 19.3 Å². The average Bonchev–Trinajstić information content (AvgIpc) is 3.75. The zero-order valence-electron chi connectivity index (χ0n) is 42.5. The van der Waals surface area contributed by atoms with Gasteiger partial charge in [-0.3, -0.25) is 0 Å². The highest BCUT2D eigenvalue weighted by atomic mass is 15.1. The Morgan fingerprint density at radius 1 is 0.250 bits per heavy atom. The molecular weight excluding hydrogens is 919 g/mol. The first-order chi connectivity index (χ1) is 37.4. The zero-order valence-corrected chi connectivity index (χ0v) is 42.5. The number of fused-ring (bicyclic) bond motifs is 3. The molecule has 360 valence electrons. The van der Waals surface area contributed by atoms with Crippen molar-refractivity contribution in [2.24, 2.45) is 0 Å². The van der Waals surface area contributed by atoms with Crippen LogP contribution >= 0.6 is 0 Å². The van der Waals surface area contributed by atoms with Gasteiger partial charge < -0.3 is 4.90 Å². The van der Waals surface area contributed by atoms with E-state index >= 15 is 0 Å². The van der Waals surface area contributed by atoms with E-state index in [2.05, 4.69) is 286 Å². The molecule has 0 saturated heterocycles. The van der Waals surface area contributed by atoms with Crippen LogP contribution in [0.2, 0.25) is 0 Å². The summed E-state index contributed by atoms with van der Waals surface area (Å²) in [4.78, 5) is 12.7. The first-order valence-electron chi connectivity index (χ1n) is 26.1. The summed E-state index contributed by atoms with van der Waals surface area (Å²) in [5, 5.41) is 0. The van der Waals surface area contributed by atoms with Gasteiger partial charge in [-0.2, -0.15) is 0 Å². The lowest BCUT2D eigenvalue weighted by Crippen LogP contribution is -2.14. The van der Waals surface area contributed by atoms with Gasteiger partial charge in [-0.1, -0.05) is 238 Å². The largest absolute Gasteiger partial charge is 0.311 e. The molecule has 0 bridgehead atoms. The van der Waals surface area contributed by atoms with Crippen LogP contribution in [-0.2, 0) is 5.41 Å². The number of hydrogen-bond acceptors (Lipinski definition) is 3. The van der Waals surface area contributed by atoms with E-state index in [4.69, 9.17) is 9.97 Å². The van der Waals surface area contributed by atoms with E-state index in [0.29, 0.717) is 5.82 Å². The topological polar surface area (TPSA) is 29.0 Å². The Morgan fingerprint density at radius 3 is 1.08 bits per heavy atom. The van der Waals surface area contributed by atoms with Crippen LogP contribution in [-0.4, -0.2) is 9.97 Å². The minimum atomic E-state index is -0.114. The Balaban J connectivity index is 0.819. The van der Waals surface area contributed by atoms with E-state index < -0.39 is 0 Å². The molecule has 0 fully saturated rings. The minimum absolute atomic E-state index is 0.114. The van der Waals surface area contributed by atoms with E-state index in [9.17, 15) is 0 Å². The predicted octanol–water partition coefficient (Wildman–Crippen LogP) is 19.6. The Labute approximate surface area is 445 Å². The molecule has 13 rings (SSSR count). The zero-order chi connectivity index (χ0) is 51.0. The van der Waals surface area contributed by atoms with Crippen molar-refractivity contribution < 1.29 is 0 Å². The van der Waals surface area contributed by atoms with Gasteiger partial charge in [0, 0.05) is 39.2 Å². The van der Waals surface area contributed by atoms with Gasteiger partial charge in [0.1, 0.15) is 0 Å². The van der Waals surface area contributed by atoms with Crippen LogP contribution in [0, 0.1) is 0 Å². The number of nitrogens with zero attached hydrogens (tertiary/aromatic N) is 3. The molecule has 0 N–H and O–H groups in total. The van der Waals surface area contributed by atoms with Gasteiger partial charge in [0.05, 0.1) is 11.4 Å². The molecule has 76 heavy (non-hydrogen) atoms. The molecule has 1 aromatic heterocycles. The summed E-state index contributed by atoms with van der Waals surface area (Å²) in [6.45, 7) is 4.65. The summed E-state index contributed by atoms with van der Waals surface area (Å²) in [6, 6.07) is 102. The quantitative estimate of drug-likeness (QED) is 0.129. The lowest BCUT2D eigenvalue weighted by molar-refractivity contribution is 0.660. The third-order valence-electron chi connectivity index (χ3n) is 15.1. The number of anilines is 3. The van der Waals surface area contributed by atoms with Gasteiger partial charge in [-0.15, -0.1) is 0 Å². The highest BCUT2D eigenvalue weighted by Crippen LogP contribution is 2.50. The fraction of sp³-hybridized carbons (Fsp3) is 0.0411. The van der Waals surface area contributed by atoms with Crippen LogP contribution in [0.1, 0.15) is 25.0 Å². The summed E-state index contributed by atoms with van der Waals surface area (Å²) in [5.74, 6) is 0.708. The summed E-state index contributed by atoms with van der Waals surface area (Å²) < 4.78 is 0. The summed E-state index contributed by atoms with van der Waals surface area (Å²) in [6.07, 6.45) is 0. The molecule has 3 heteroatoms. The molecule has 1 heterocycles. The molecule has 0 spiro atoms. The number of hydrogen-bond donors (Lipinski definition) is 0. The van der Waals surface area contributed by atoms with Crippen LogP contribution in [0.5, 0.6) is 0 Å². The molecule has 3 nitrogen and oxygen atoms in total. The molecule has 0 aliphatic heterocycles. The second-order valence-corrected chi connectivity index (χ2v) is 20.2. The first kappa shape index (κ1) is 46.1. The molecule has 1 aliphatic carbocycles. The molecule has 0 atom stereocenters. The van der Waals surface area contributed by atoms with Crippen LogP contribution in [0.4, 0.5) is 17.1 Å². The summed E-state index contributed by atoms with van der Waals surface area (Å²) in [7, 11) is 0. The molecule has 0 unspecified atom stereocenters. The van der Waals surface area contributed by atoms with Crippen molar-refractivity contribution in [3.05, 3.63) is 296 Å². The number of rotatable bonds is 11. The fourth-order valence-corrected chi connectivity index (χ4v) is 11.0.